The van der Waals surface area contributed by atoms with Gasteiger partial charge in [-0.25, -0.2) is 9.78 Å². The van der Waals surface area contributed by atoms with Crippen molar-refractivity contribution < 1.29 is 29.1 Å². The van der Waals surface area contributed by atoms with E-state index in [9.17, 15) is 29.1 Å². The highest BCUT2D eigenvalue weighted by atomic mass is 16.4. The van der Waals surface area contributed by atoms with E-state index in [1.165, 1.54) is 25.3 Å². The fourth-order valence-corrected chi connectivity index (χ4v) is 6.82. The number of unbranched alkanes of at least 4 members (excludes halogenated alkanes) is 1. The number of benzene rings is 2. The molecule has 0 fully saturated rings. The molecule has 4 aromatic rings. The first-order valence-corrected chi connectivity index (χ1v) is 19.3. The molecule has 0 aliphatic heterocycles. The number of carbonyl (C=O) groups excluding carboxylic acids is 4. The zero-order valence-electron chi connectivity index (χ0n) is 32.9. The molecule has 5 atom stereocenters. The Bertz CT molecular complexity index is 1970. The molecule has 2 heterocycles. The van der Waals surface area contributed by atoms with Crippen LogP contribution >= 0.6 is 0 Å². The Morgan fingerprint density at radius 3 is 2.12 bits per heavy atom. The van der Waals surface area contributed by atoms with Crippen LogP contribution in [0.25, 0.3) is 10.9 Å². The molecular formula is C40H56N12O6. The maximum absolute atomic E-state index is 14.5. The Morgan fingerprint density at radius 1 is 0.828 bits per heavy atom. The maximum atomic E-state index is 14.5. The third-order valence-corrected chi connectivity index (χ3v) is 10.1. The SMILES string of the molecule is CN(C(=O)[C@H](Cc1c[nH]c2ccccc12)NC(=O)[C@H](CCCNC(=N)N)N(C)C(=O)[C@@H](Cc1ccccc1)NC(=O)[C@@H](N)Cc1c[nH]cn1)[C@@H](CCCCN)C(=O)O. The fraction of sp³-hybridized carbons (Fsp3) is 0.425. The molecule has 312 valence electrons. The summed E-state index contributed by atoms with van der Waals surface area (Å²) in [6.07, 6.45) is 6.58. The van der Waals surface area contributed by atoms with E-state index in [1.807, 2.05) is 42.5 Å². The van der Waals surface area contributed by atoms with Crippen molar-refractivity contribution in [2.45, 2.75) is 81.6 Å². The molecule has 0 radical (unpaired) electrons. The van der Waals surface area contributed by atoms with Crippen LogP contribution in [0.1, 0.15) is 48.9 Å². The molecule has 4 rings (SSSR count). The zero-order valence-corrected chi connectivity index (χ0v) is 32.9. The number of nitrogens with two attached hydrogens (primary N) is 3. The van der Waals surface area contributed by atoms with Crippen molar-refractivity contribution >= 4 is 46.5 Å². The quantitative estimate of drug-likeness (QED) is 0.0277. The maximum Gasteiger partial charge on any atom is 0.326 e. The summed E-state index contributed by atoms with van der Waals surface area (Å²) in [5.74, 6) is -3.96. The fourth-order valence-electron chi connectivity index (χ4n) is 6.82. The van der Waals surface area contributed by atoms with Gasteiger partial charge < -0.3 is 58.0 Å². The van der Waals surface area contributed by atoms with Crippen molar-refractivity contribution in [3.63, 3.8) is 0 Å². The lowest BCUT2D eigenvalue weighted by atomic mass is 10.00. The molecule has 2 aromatic carbocycles. The number of imidazole rings is 1. The van der Waals surface area contributed by atoms with Gasteiger partial charge in [0.1, 0.15) is 24.2 Å². The second kappa shape index (κ2) is 21.9. The van der Waals surface area contributed by atoms with Crippen LogP contribution in [0, 0.1) is 5.41 Å². The minimum absolute atomic E-state index is 0.00488. The first-order valence-electron chi connectivity index (χ1n) is 19.3. The Kier molecular flexibility index (Phi) is 16.8. The molecule has 0 bridgehead atoms. The summed E-state index contributed by atoms with van der Waals surface area (Å²) in [5, 5.41) is 26.9. The summed E-state index contributed by atoms with van der Waals surface area (Å²) in [5.41, 5.74) is 20.2. The Morgan fingerprint density at radius 2 is 1.47 bits per heavy atom. The van der Waals surface area contributed by atoms with Crippen molar-refractivity contribution in [3.05, 3.63) is 90.1 Å². The molecule has 0 spiro atoms. The van der Waals surface area contributed by atoms with E-state index in [4.69, 9.17) is 22.6 Å². The van der Waals surface area contributed by atoms with Crippen molar-refractivity contribution in [1.82, 2.24) is 40.7 Å². The number of fused-ring (bicyclic) bond motifs is 1. The monoisotopic (exact) mass is 800 g/mol. The van der Waals surface area contributed by atoms with Crippen LogP contribution in [-0.2, 0) is 43.2 Å². The molecule has 18 heteroatoms. The van der Waals surface area contributed by atoms with Crippen LogP contribution in [-0.4, -0.2) is 123 Å². The van der Waals surface area contributed by atoms with Gasteiger partial charge in [0.2, 0.25) is 23.6 Å². The Labute approximate surface area is 337 Å². The smallest absolute Gasteiger partial charge is 0.326 e. The minimum atomic E-state index is -1.24. The normalized spacial score (nSPS) is 13.7. The van der Waals surface area contributed by atoms with Crippen LogP contribution in [0.2, 0.25) is 0 Å². The number of guanidine groups is 1. The van der Waals surface area contributed by atoms with Crippen LogP contribution in [0.5, 0.6) is 0 Å². The van der Waals surface area contributed by atoms with Crippen molar-refractivity contribution in [2.24, 2.45) is 17.2 Å². The average Bonchev–Trinajstić information content (AvgIpc) is 3.88. The van der Waals surface area contributed by atoms with Crippen LogP contribution in [0.3, 0.4) is 0 Å². The number of rotatable bonds is 23. The topological polar surface area (TPSA) is 295 Å². The molecule has 0 saturated heterocycles. The molecule has 58 heavy (non-hydrogen) atoms. The Hall–Kier alpha value is -6.27. The van der Waals surface area contributed by atoms with E-state index in [-0.39, 0.29) is 51.0 Å². The van der Waals surface area contributed by atoms with Gasteiger partial charge in [0, 0.05) is 63.2 Å². The van der Waals surface area contributed by atoms with Crippen molar-refractivity contribution in [1.29, 1.82) is 5.41 Å². The van der Waals surface area contributed by atoms with Gasteiger partial charge >= 0.3 is 5.97 Å². The number of hydrogen-bond acceptors (Lipinski definition) is 9. The van der Waals surface area contributed by atoms with E-state index in [2.05, 4.69) is 30.9 Å². The molecule has 0 aliphatic rings. The summed E-state index contributed by atoms with van der Waals surface area (Å²) >= 11 is 0. The number of H-pyrrole nitrogens is 2. The summed E-state index contributed by atoms with van der Waals surface area (Å²) < 4.78 is 0. The number of carbonyl (C=O) groups is 5. The van der Waals surface area contributed by atoms with Crippen molar-refractivity contribution in [3.8, 4) is 0 Å². The number of nitrogens with one attached hydrogen (secondary N) is 6. The predicted molar refractivity (Wildman–Crippen MR) is 219 cm³/mol. The first kappa shape index (κ1) is 44.4. The average molecular weight is 801 g/mol. The van der Waals surface area contributed by atoms with Crippen LogP contribution in [0.4, 0.5) is 0 Å². The van der Waals surface area contributed by atoms with E-state index in [0.717, 1.165) is 21.4 Å². The number of nitrogens with zero attached hydrogens (tertiary/aromatic N) is 3. The lowest BCUT2D eigenvalue weighted by Crippen LogP contribution is -2.59. The predicted octanol–water partition coefficient (Wildman–Crippen LogP) is 0.347. The lowest BCUT2D eigenvalue weighted by molar-refractivity contribution is -0.151. The lowest BCUT2D eigenvalue weighted by Gasteiger charge is -2.34. The highest BCUT2D eigenvalue weighted by Crippen LogP contribution is 2.21. The number of aliphatic carboxylic acids is 1. The summed E-state index contributed by atoms with van der Waals surface area (Å²) in [6, 6.07) is 10.7. The number of amides is 4. The van der Waals surface area contributed by atoms with Crippen LogP contribution in [0.15, 0.2) is 73.3 Å². The van der Waals surface area contributed by atoms with Gasteiger partial charge in [-0.3, -0.25) is 24.6 Å². The third kappa shape index (κ3) is 12.6. The molecule has 13 N–H and O–H groups in total. The highest BCUT2D eigenvalue weighted by molar-refractivity contribution is 5.96. The molecule has 4 amide bonds. The summed E-state index contributed by atoms with van der Waals surface area (Å²) in [7, 11) is 2.84. The second-order valence-electron chi connectivity index (χ2n) is 14.3. The number of carboxylic acids is 1. The van der Waals surface area contributed by atoms with Gasteiger partial charge in [0.05, 0.1) is 18.1 Å². The van der Waals surface area contributed by atoms with Gasteiger partial charge in [-0.2, -0.15) is 0 Å². The standard InChI is InChI=1S/C40H56N12O6/c1-51(37(55)31(19-25-11-4-3-5-12-25)49-35(53)29(42)21-27-23-45-24-48-27)33(16-10-18-46-40(43)44)36(54)50-32(20-26-22-47-30-14-7-6-13-28(26)30)38(56)52(2)34(39(57)58)15-8-9-17-41/h3-7,11-14,22-24,29,31-34,47H,8-10,15-21,41-42H2,1-2H3,(H,45,48)(H,49,53)(H,50,54)(H,57,58)(H4,43,44,46)/t29-,31+,32-,33-,34-/m0/s1. The Balaban J connectivity index is 1.66. The van der Waals surface area contributed by atoms with Gasteiger partial charge in [0.15, 0.2) is 5.96 Å². The molecule has 0 saturated carbocycles. The summed E-state index contributed by atoms with van der Waals surface area (Å²) in [6.45, 7) is 0.573. The number of hydrogen-bond donors (Lipinski definition) is 10. The molecule has 2 aromatic heterocycles. The number of aromatic amines is 2. The zero-order chi connectivity index (χ0) is 42.2. The van der Waals surface area contributed by atoms with E-state index < -0.39 is 59.8 Å². The molecular weight excluding hydrogens is 745 g/mol. The van der Waals surface area contributed by atoms with Gasteiger partial charge in [-0.15, -0.1) is 0 Å². The summed E-state index contributed by atoms with van der Waals surface area (Å²) in [4.78, 5) is 81.7. The molecule has 18 nitrogen and oxygen atoms in total. The van der Waals surface area contributed by atoms with E-state index in [0.29, 0.717) is 30.6 Å². The highest BCUT2D eigenvalue weighted by Gasteiger charge is 2.37. The molecule has 0 aliphatic carbocycles. The second-order valence-corrected chi connectivity index (χ2v) is 14.3. The number of carboxylic acid groups (broad SMARTS) is 1. The van der Waals surface area contributed by atoms with E-state index in [1.54, 1.807) is 24.5 Å². The largest absolute Gasteiger partial charge is 0.480 e. The van der Waals surface area contributed by atoms with Gasteiger partial charge in [-0.1, -0.05) is 48.5 Å². The van der Waals surface area contributed by atoms with E-state index >= 15 is 0 Å². The van der Waals surface area contributed by atoms with Crippen LogP contribution < -0.4 is 33.2 Å². The minimum Gasteiger partial charge on any atom is -0.480 e. The van der Waals surface area contributed by atoms with Gasteiger partial charge in [-0.05, 0) is 55.8 Å². The number of aromatic nitrogens is 3. The number of likely N-dealkylation sites (N-methyl/N-ethyl adjacent to an activating group) is 2. The molecule has 0 unspecified atom stereocenters. The van der Waals surface area contributed by atoms with Crippen molar-refractivity contribution in [2.75, 3.05) is 27.2 Å². The third-order valence-electron chi connectivity index (χ3n) is 10.1. The number of para-hydroxylation sites is 1. The first-order chi connectivity index (χ1) is 27.8. The van der Waals surface area contributed by atoms with Gasteiger partial charge in [0.25, 0.3) is 0 Å².